The van der Waals surface area contributed by atoms with Crippen molar-refractivity contribution in [3.05, 3.63) is 24.0 Å². The molecule has 1 aromatic rings. The van der Waals surface area contributed by atoms with Crippen molar-refractivity contribution >= 4 is 5.91 Å². The van der Waals surface area contributed by atoms with Crippen LogP contribution < -0.4 is 5.73 Å². The third-order valence-corrected chi connectivity index (χ3v) is 3.54. The van der Waals surface area contributed by atoms with Crippen molar-refractivity contribution in [3.8, 4) is 0 Å². The molecule has 20 heavy (non-hydrogen) atoms. The van der Waals surface area contributed by atoms with Gasteiger partial charge in [-0.15, -0.1) is 0 Å². The molecule has 0 aliphatic carbocycles. The number of nitrogens with two attached hydrogens (primary N) is 1. The molecule has 1 aliphatic heterocycles. The minimum Gasteiger partial charge on any atom is -0.337 e. The second kappa shape index (κ2) is 5.87. The summed E-state index contributed by atoms with van der Waals surface area (Å²) in [7, 11) is 0. The lowest BCUT2D eigenvalue weighted by molar-refractivity contribution is -0.140. The van der Waals surface area contributed by atoms with Crippen LogP contribution in [0.5, 0.6) is 0 Å². The SMILES string of the molecule is NCC1CCCN(C(=O)c2cccn2CC(F)(F)F)C1. The number of aromatic nitrogens is 1. The first-order chi connectivity index (χ1) is 9.40. The third-order valence-electron chi connectivity index (χ3n) is 3.54. The number of halogens is 3. The zero-order chi connectivity index (χ0) is 14.8. The summed E-state index contributed by atoms with van der Waals surface area (Å²) in [6, 6.07) is 2.89. The number of carbonyl (C=O) groups excluding carboxylic acids is 1. The predicted octanol–water partition coefficient (Wildman–Crippen LogP) is 1.86. The van der Waals surface area contributed by atoms with Crippen molar-refractivity contribution in [2.24, 2.45) is 11.7 Å². The fourth-order valence-corrected chi connectivity index (χ4v) is 2.54. The molecule has 1 aliphatic rings. The van der Waals surface area contributed by atoms with Crippen molar-refractivity contribution in [2.45, 2.75) is 25.6 Å². The van der Waals surface area contributed by atoms with Gasteiger partial charge in [-0.2, -0.15) is 13.2 Å². The first-order valence-corrected chi connectivity index (χ1v) is 6.62. The zero-order valence-electron chi connectivity index (χ0n) is 11.1. The summed E-state index contributed by atoms with van der Waals surface area (Å²) in [6.07, 6.45) is -1.25. The van der Waals surface area contributed by atoms with Crippen LogP contribution in [0.25, 0.3) is 0 Å². The highest BCUT2D eigenvalue weighted by atomic mass is 19.4. The van der Waals surface area contributed by atoms with Crippen LogP contribution in [0.4, 0.5) is 13.2 Å². The predicted molar refractivity (Wildman–Crippen MR) is 68.2 cm³/mol. The molecule has 7 heteroatoms. The van der Waals surface area contributed by atoms with Gasteiger partial charge in [-0.1, -0.05) is 0 Å². The van der Waals surface area contributed by atoms with Gasteiger partial charge in [-0.25, -0.2) is 0 Å². The van der Waals surface area contributed by atoms with E-state index < -0.39 is 12.7 Å². The third kappa shape index (κ3) is 3.53. The fourth-order valence-electron chi connectivity index (χ4n) is 2.54. The van der Waals surface area contributed by atoms with E-state index in [1.165, 1.54) is 18.3 Å². The quantitative estimate of drug-likeness (QED) is 0.923. The van der Waals surface area contributed by atoms with Gasteiger partial charge in [-0.05, 0) is 37.4 Å². The van der Waals surface area contributed by atoms with Crippen molar-refractivity contribution in [3.63, 3.8) is 0 Å². The molecule has 2 heterocycles. The molecule has 4 nitrogen and oxygen atoms in total. The molecule has 1 saturated heterocycles. The van der Waals surface area contributed by atoms with E-state index in [1.54, 1.807) is 4.90 Å². The highest BCUT2D eigenvalue weighted by Crippen LogP contribution is 2.21. The Hall–Kier alpha value is -1.50. The van der Waals surface area contributed by atoms with E-state index >= 15 is 0 Å². The number of nitrogens with zero attached hydrogens (tertiary/aromatic N) is 2. The average Bonchev–Trinajstić information content (AvgIpc) is 2.83. The summed E-state index contributed by atoms with van der Waals surface area (Å²) in [5, 5.41) is 0. The maximum atomic E-state index is 12.5. The van der Waals surface area contributed by atoms with Gasteiger partial charge in [0.1, 0.15) is 12.2 Å². The van der Waals surface area contributed by atoms with Gasteiger partial charge in [0.05, 0.1) is 0 Å². The molecule has 1 unspecified atom stereocenters. The van der Waals surface area contributed by atoms with Crippen LogP contribution >= 0.6 is 0 Å². The lowest BCUT2D eigenvalue weighted by atomic mass is 9.98. The van der Waals surface area contributed by atoms with Gasteiger partial charge in [0, 0.05) is 19.3 Å². The topological polar surface area (TPSA) is 51.3 Å². The summed E-state index contributed by atoms with van der Waals surface area (Å²) in [5.41, 5.74) is 5.69. The zero-order valence-corrected chi connectivity index (χ0v) is 11.1. The Balaban J connectivity index is 2.11. The van der Waals surface area contributed by atoms with Gasteiger partial charge >= 0.3 is 6.18 Å². The summed E-state index contributed by atoms with van der Waals surface area (Å²) >= 11 is 0. The lowest BCUT2D eigenvalue weighted by Gasteiger charge is -2.32. The number of amides is 1. The summed E-state index contributed by atoms with van der Waals surface area (Å²) in [6.45, 7) is 0.446. The summed E-state index contributed by atoms with van der Waals surface area (Å²) < 4.78 is 38.3. The van der Waals surface area contributed by atoms with Crippen molar-refractivity contribution in [1.29, 1.82) is 0 Å². The molecule has 2 N–H and O–H groups in total. The minimum atomic E-state index is -4.34. The average molecular weight is 289 g/mol. The molecule has 0 spiro atoms. The van der Waals surface area contributed by atoms with Crippen LogP contribution in [0, 0.1) is 5.92 Å². The Bertz CT molecular complexity index is 470. The number of hydrogen-bond acceptors (Lipinski definition) is 2. The van der Waals surface area contributed by atoms with Gasteiger partial charge in [0.15, 0.2) is 0 Å². The Labute approximate surface area is 115 Å². The van der Waals surface area contributed by atoms with Crippen LogP contribution in [0.1, 0.15) is 23.3 Å². The Kier molecular flexibility index (Phi) is 4.37. The second-order valence-electron chi connectivity index (χ2n) is 5.13. The smallest absolute Gasteiger partial charge is 0.337 e. The van der Waals surface area contributed by atoms with Gasteiger partial charge in [0.2, 0.25) is 0 Å². The van der Waals surface area contributed by atoms with E-state index in [9.17, 15) is 18.0 Å². The molecule has 2 rings (SSSR count). The van der Waals surface area contributed by atoms with E-state index in [2.05, 4.69) is 0 Å². The Morgan fingerprint density at radius 2 is 2.20 bits per heavy atom. The largest absolute Gasteiger partial charge is 0.406 e. The molecule has 112 valence electrons. The first kappa shape index (κ1) is 14.9. The second-order valence-corrected chi connectivity index (χ2v) is 5.13. The molecule has 0 radical (unpaired) electrons. The maximum absolute atomic E-state index is 12.5. The molecular formula is C13H18F3N3O. The first-order valence-electron chi connectivity index (χ1n) is 6.62. The van der Waals surface area contributed by atoms with Gasteiger partial charge < -0.3 is 15.2 Å². The Morgan fingerprint density at radius 3 is 2.85 bits per heavy atom. The van der Waals surface area contributed by atoms with E-state index in [-0.39, 0.29) is 17.5 Å². The van der Waals surface area contributed by atoms with Gasteiger partial charge in [-0.3, -0.25) is 4.79 Å². The molecule has 0 bridgehead atoms. The number of carbonyl (C=O) groups is 1. The lowest BCUT2D eigenvalue weighted by Crippen LogP contribution is -2.42. The minimum absolute atomic E-state index is 0.0833. The van der Waals surface area contributed by atoms with Gasteiger partial charge in [0.25, 0.3) is 5.91 Å². The van der Waals surface area contributed by atoms with Crippen LogP contribution in [0.3, 0.4) is 0 Å². The number of rotatable bonds is 3. The van der Waals surface area contributed by atoms with Crippen molar-refractivity contribution < 1.29 is 18.0 Å². The molecule has 0 aromatic carbocycles. The standard InChI is InChI=1S/C13H18F3N3O/c14-13(15,16)9-19-6-2-4-11(19)12(20)18-5-1-3-10(7-17)8-18/h2,4,6,10H,1,3,5,7-9,17H2. The molecule has 1 atom stereocenters. The maximum Gasteiger partial charge on any atom is 0.406 e. The van der Waals surface area contributed by atoms with Crippen LogP contribution in [0.15, 0.2) is 18.3 Å². The molecular weight excluding hydrogens is 271 g/mol. The summed E-state index contributed by atoms with van der Waals surface area (Å²) in [4.78, 5) is 13.9. The summed E-state index contributed by atoms with van der Waals surface area (Å²) in [5.74, 6) is -0.115. The molecule has 1 fully saturated rings. The van der Waals surface area contributed by atoms with Crippen LogP contribution in [0.2, 0.25) is 0 Å². The van der Waals surface area contributed by atoms with Crippen LogP contribution in [-0.4, -0.2) is 41.2 Å². The molecule has 1 amide bonds. The van der Waals surface area contributed by atoms with Crippen molar-refractivity contribution in [2.75, 3.05) is 19.6 Å². The van der Waals surface area contributed by atoms with E-state index in [4.69, 9.17) is 5.73 Å². The number of piperidine rings is 1. The molecule has 1 aromatic heterocycles. The van der Waals surface area contributed by atoms with E-state index in [0.29, 0.717) is 19.6 Å². The van der Waals surface area contributed by atoms with E-state index in [0.717, 1.165) is 17.4 Å². The Morgan fingerprint density at radius 1 is 1.45 bits per heavy atom. The number of alkyl halides is 3. The highest BCUT2D eigenvalue weighted by Gasteiger charge is 2.31. The number of hydrogen-bond donors (Lipinski definition) is 1. The normalized spacial score (nSPS) is 20.2. The monoisotopic (exact) mass is 289 g/mol. The number of likely N-dealkylation sites (tertiary alicyclic amines) is 1. The highest BCUT2D eigenvalue weighted by molar-refractivity contribution is 5.92. The van der Waals surface area contributed by atoms with Crippen LogP contribution in [-0.2, 0) is 6.54 Å². The fraction of sp³-hybridized carbons (Fsp3) is 0.615. The molecule has 0 saturated carbocycles. The van der Waals surface area contributed by atoms with Crippen molar-refractivity contribution in [1.82, 2.24) is 9.47 Å². The van der Waals surface area contributed by atoms with E-state index in [1.807, 2.05) is 0 Å².